The second-order valence-electron chi connectivity index (χ2n) is 13.1. The van der Waals surface area contributed by atoms with Gasteiger partial charge in [0.1, 0.15) is 24.7 Å². The molecule has 0 aromatic heterocycles. The van der Waals surface area contributed by atoms with Crippen LogP contribution >= 0.6 is 74.7 Å². The van der Waals surface area contributed by atoms with Gasteiger partial charge in [-0.1, -0.05) is 92.7 Å². The van der Waals surface area contributed by atoms with Crippen molar-refractivity contribution in [2.75, 3.05) is 26.3 Å². The van der Waals surface area contributed by atoms with E-state index >= 15 is 0 Å². The van der Waals surface area contributed by atoms with Gasteiger partial charge in [-0.3, -0.25) is 9.69 Å². The predicted octanol–water partition coefficient (Wildman–Crippen LogP) is 9.26. The average molecular weight is 863 g/mol. The zero-order chi connectivity index (χ0) is 35.6. The molecule has 2 fully saturated rings. The number of carbonyl (C=O) groups excluding carboxylic acids is 2. The van der Waals surface area contributed by atoms with Crippen molar-refractivity contribution >= 4 is 92.3 Å². The molecule has 3 aromatic carbocycles. The van der Waals surface area contributed by atoms with Crippen LogP contribution in [-0.4, -0.2) is 75.6 Å². The number of hydrogen-bond acceptors (Lipinski definition) is 6. The van der Waals surface area contributed by atoms with Crippen LogP contribution < -0.4 is 14.8 Å². The molecule has 3 aliphatic rings. The summed E-state index contributed by atoms with van der Waals surface area (Å²) in [5, 5.41) is 4.03. The molecule has 6 rings (SSSR count). The van der Waals surface area contributed by atoms with Crippen LogP contribution in [0.2, 0.25) is 5.02 Å². The normalized spacial score (nSPS) is 18.8. The van der Waals surface area contributed by atoms with Gasteiger partial charge in [0, 0.05) is 40.7 Å². The van der Waals surface area contributed by atoms with Crippen LogP contribution in [0, 0.1) is 0 Å². The maximum absolute atomic E-state index is 14.9. The van der Waals surface area contributed by atoms with Crippen molar-refractivity contribution in [2.24, 2.45) is 0 Å². The van der Waals surface area contributed by atoms with E-state index in [4.69, 9.17) is 60.6 Å². The number of rotatable bonds is 11. The molecule has 274 valence electrons. The summed E-state index contributed by atoms with van der Waals surface area (Å²) in [7, 11) is 0. The number of nitrogens with one attached hydrogen (secondary N) is 1. The van der Waals surface area contributed by atoms with Crippen LogP contribution in [0.4, 0.5) is 4.79 Å². The Kier molecular flexibility index (Phi) is 13.1. The van der Waals surface area contributed by atoms with Crippen molar-refractivity contribution in [2.45, 2.75) is 67.2 Å². The molecule has 0 spiro atoms. The Morgan fingerprint density at radius 1 is 0.922 bits per heavy atom. The number of piperazine rings is 1. The van der Waals surface area contributed by atoms with E-state index in [1.54, 1.807) is 18.7 Å². The quantitative estimate of drug-likeness (QED) is 0.153. The van der Waals surface area contributed by atoms with Crippen LogP contribution in [-0.2, 0) is 16.1 Å². The second-order valence-corrected chi connectivity index (χ2v) is 16.7. The monoisotopic (exact) mass is 859 g/mol. The Hall–Kier alpha value is -2.37. The van der Waals surface area contributed by atoms with E-state index in [2.05, 4.69) is 21.2 Å². The van der Waals surface area contributed by atoms with Gasteiger partial charge >= 0.3 is 6.09 Å². The molecular weight excluding hydrogens is 824 g/mol. The van der Waals surface area contributed by atoms with Gasteiger partial charge in [-0.25, -0.2) is 4.79 Å². The third-order valence-corrected chi connectivity index (χ3v) is 11.5. The summed E-state index contributed by atoms with van der Waals surface area (Å²) in [4.78, 5) is 32.3. The van der Waals surface area contributed by atoms with E-state index < -0.39 is 21.5 Å². The van der Waals surface area contributed by atoms with E-state index in [9.17, 15) is 9.59 Å². The maximum atomic E-state index is 14.9. The number of fused-ring (bicyclic) bond motifs is 2. The number of halogens is 6. The number of hydrogen-bond donors (Lipinski definition) is 1. The Morgan fingerprint density at radius 2 is 1.53 bits per heavy atom. The van der Waals surface area contributed by atoms with E-state index in [0.717, 1.165) is 39.8 Å². The minimum Gasteiger partial charge on any atom is -0.490 e. The van der Waals surface area contributed by atoms with Gasteiger partial charge in [0.15, 0.2) is 5.60 Å². The van der Waals surface area contributed by atoms with Crippen molar-refractivity contribution < 1.29 is 23.8 Å². The molecule has 3 aromatic rings. The molecule has 2 amide bonds. The molecule has 1 aliphatic carbocycles. The lowest BCUT2D eigenvalue weighted by Crippen LogP contribution is -2.64. The Morgan fingerprint density at radius 3 is 2.12 bits per heavy atom. The third kappa shape index (κ3) is 9.42. The number of ether oxygens (including phenoxy) is 3. The molecule has 2 atom stereocenters. The fourth-order valence-electron chi connectivity index (χ4n) is 6.27. The number of benzene rings is 3. The van der Waals surface area contributed by atoms with Gasteiger partial charge in [0.2, 0.25) is 3.79 Å². The topological polar surface area (TPSA) is 80.3 Å². The van der Waals surface area contributed by atoms with Gasteiger partial charge in [-0.2, -0.15) is 0 Å². The van der Waals surface area contributed by atoms with Crippen molar-refractivity contribution in [1.82, 2.24) is 15.1 Å². The minimum atomic E-state index is -1.86. The van der Waals surface area contributed by atoms with Crippen molar-refractivity contribution in [3.05, 3.63) is 99.0 Å². The van der Waals surface area contributed by atoms with Crippen molar-refractivity contribution in [3.8, 4) is 11.5 Å². The first-order valence-corrected chi connectivity index (χ1v) is 18.8. The molecule has 2 aliphatic heterocycles. The van der Waals surface area contributed by atoms with Crippen LogP contribution in [0.25, 0.3) is 5.57 Å². The lowest BCUT2D eigenvalue weighted by atomic mass is 9.82. The first-order chi connectivity index (χ1) is 23.8. The first-order valence-electron chi connectivity index (χ1n) is 16.5. The summed E-state index contributed by atoms with van der Waals surface area (Å²) in [6.07, 6.45) is 1.57. The van der Waals surface area contributed by atoms with Crippen LogP contribution in [0.5, 0.6) is 11.5 Å². The van der Waals surface area contributed by atoms with E-state index in [1.807, 2.05) is 77.7 Å². The second kappa shape index (κ2) is 16.8. The summed E-state index contributed by atoms with van der Waals surface area (Å²) in [6.45, 7) is 5.06. The zero-order valence-electron chi connectivity index (χ0n) is 28.1. The van der Waals surface area contributed by atoms with Crippen LogP contribution in [0.3, 0.4) is 0 Å². The first kappa shape index (κ1) is 39.8. The lowest BCUT2D eigenvalue weighted by molar-refractivity contribution is -0.129. The highest BCUT2D eigenvalue weighted by molar-refractivity contribution is 9.10. The molecule has 2 unspecified atom stereocenters. The highest BCUT2D eigenvalue weighted by atomic mass is 79.9. The zero-order valence-corrected chi connectivity index (χ0v) is 33.5. The number of amides is 2. The maximum Gasteiger partial charge on any atom is 0.411 e. The molecule has 51 heavy (non-hydrogen) atoms. The van der Waals surface area contributed by atoms with Gasteiger partial charge in [0.25, 0.3) is 5.91 Å². The highest BCUT2D eigenvalue weighted by Gasteiger charge is 2.50. The van der Waals surface area contributed by atoms with Crippen LogP contribution in [0.15, 0.2) is 82.8 Å². The molecule has 2 bridgehead atoms. The largest absolute Gasteiger partial charge is 0.490 e. The van der Waals surface area contributed by atoms with E-state index in [-0.39, 0.29) is 30.4 Å². The van der Waals surface area contributed by atoms with Gasteiger partial charge in [0.05, 0.1) is 12.1 Å². The summed E-state index contributed by atoms with van der Waals surface area (Å²) in [6, 6.07) is 22.0. The average Bonchev–Trinajstić information content (AvgIpc) is 3.91. The van der Waals surface area contributed by atoms with Crippen molar-refractivity contribution in [1.29, 1.82) is 0 Å². The molecule has 1 N–H and O–H groups in total. The summed E-state index contributed by atoms with van der Waals surface area (Å²) >= 11 is 28.6. The highest BCUT2D eigenvalue weighted by Crippen LogP contribution is 2.44. The molecule has 0 radical (unpaired) electrons. The Labute approximate surface area is 333 Å². The standard InChI is InChI=1S/C37H38BrCl4N3O5.ClH/c1-36(2,37(40,41)42)50-35(47)45-27-19-30(23-7-13-28(14-8-23)48-17-18-49-29-15-9-25(38)10-16-29)33(32(45)21-43-20-27)34(46)44(26-11-12-26)22-24-5-3-4-6-31(24)39;/h3-10,13-16,26-27,32,43H,11-12,17-22H2,1-2H3;1H. The molecule has 1 saturated carbocycles. The number of carbonyl (C=O) groups is 2. The summed E-state index contributed by atoms with van der Waals surface area (Å²) in [5.41, 5.74) is 1.73. The fourth-order valence-corrected chi connectivity index (χ4v) is 6.84. The molecule has 1 saturated heterocycles. The smallest absolute Gasteiger partial charge is 0.411 e. The number of alkyl halides is 3. The lowest BCUT2D eigenvalue weighted by Gasteiger charge is -2.48. The Bertz CT molecular complexity index is 1730. The molecule has 14 heteroatoms. The Balaban J connectivity index is 0.00000504. The van der Waals surface area contributed by atoms with E-state index in [1.165, 1.54) is 0 Å². The van der Waals surface area contributed by atoms with Gasteiger partial charge < -0.3 is 24.4 Å². The summed E-state index contributed by atoms with van der Waals surface area (Å²) < 4.78 is 16.7. The molecule has 2 heterocycles. The third-order valence-electron chi connectivity index (χ3n) is 9.20. The number of nitrogens with zero attached hydrogens (tertiary/aromatic N) is 2. The fraction of sp³-hybridized carbons (Fsp3) is 0.405. The summed E-state index contributed by atoms with van der Waals surface area (Å²) in [5.74, 6) is 1.30. The van der Waals surface area contributed by atoms with Crippen LogP contribution in [0.1, 0.15) is 44.2 Å². The van der Waals surface area contributed by atoms with E-state index in [0.29, 0.717) is 55.6 Å². The SMILES string of the molecule is CC(C)(OC(=O)N1C2CNCC1C(C(=O)N(Cc1ccccc1Cl)C1CC1)=C(c1ccc(OCCOc3ccc(Br)cc3)cc1)C2)C(Cl)(Cl)Cl.Cl. The van der Waals surface area contributed by atoms with Gasteiger partial charge in [-0.15, -0.1) is 12.4 Å². The molecular formula is C37H39BrCl5N3O5. The minimum absolute atomic E-state index is 0. The van der Waals surface area contributed by atoms with Gasteiger partial charge in [-0.05, 0) is 92.3 Å². The molecule has 8 nitrogen and oxygen atoms in total. The predicted molar refractivity (Wildman–Crippen MR) is 209 cm³/mol. The van der Waals surface area contributed by atoms with Crippen molar-refractivity contribution in [3.63, 3.8) is 0 Å².